The van der Waals surface area contributed by atoms with Gasteiger partial charge < -0.3 is 20.7 Å². The first-order valence-corrected chi connectivity index (χ1v) is 9.55. The molecular weight excluding hydrogens is 500 g/mol. The number of alkyl halides is 3. The molecule has 1 rings (SSSR count). The maximum Gasteiger partial charge on any atom is 0.433 e. The van der Waals surface area contributed by atoms with Crippen LogP contribution in [0.25, 0.3) is 0 Å². The second kappa shape index (κ2) is 14.6. The van der Waals surface area contributed by atoms with Crippen LogP contribution in [0.3, 0.4) is 0 Å². The third-order valence-corrected chi connectivity index (χ3v) is 3.80. The number of halogens is 4. The fourth-order valence-corrected chi connectivity index (χ4v) is 2.43. The van der Waals surface area contributed by atoms with Crippen molar-refractivity contribution in [3.8, 4) is 0 Å². The van der Waals surface area contributed by atoms with E-state index in [-0.39, 0.29) is 36.0 Å². The molecule has 1 unspecified atom stereocenters. The largest absolute Gasteiger partial charge is 0.433 e. The van der Waals surface area contributed by atoms with Crippen molar-refractivity contribution in [1.29, 1.82) is 0 Å². The summed E-state index contributed by atoms with van der Waals surface area (Å²) in [5.74, 6) is 1.01. The van der Waals surface area contributed by atoms with Gasteiger partial charge in [-0.05, 0) is 32.3 Å². The van der Waals surface area contributed by atoms with Crippen LogP contribution in [0.1, 0.15) is 39.8 Å². The van der Waals surface area contributed by atoms with Crippen LogP contribution in [0, 0.1) is 5.92 Å². The average molecular weight is 532 g/mol. The van der Waals surface area contributed by atoms with Crippen LogP contribution in [-0.2, 0) is 10.9 Å². The van der Waals surface area contributed by atoms with Crippen molar-refractivity contribution in [2.75, 3.05) is 38.1 Å². The van der Waals surface area contributed by atoms with Gasteiger partial charge in [-0.25, -0.2) is 9.97 Å². The highest BCUT2D eigenvalue weighted by atomic mass is 127. The summed E-state index contributed by atoms with van der Waals surface area (Å²) in [6, 6.07) is 0.839. The number of rotatable bonds is 11. The van der Waals surface area contributed by atoms with E-state index in [4.69, 9.17) is 4.74 Å². The smallest absolute Gasteiger partial charge is 0.378 e. The molecule has 29 heavy (non-hydrogen) atoms. The molecule has 1 heterocycles. The van der Waals surface area contributed by atoms with Crippen molar-refractivity contribution in [3.63, 3.8) is 0 Å². The molecule has 7 nitrogen and oxygen atoms in total. The van der Waals surface area contributed by atoms with Crippen LogP contribution in [0.4, 0.5) is 19.1 Å². The zero-order valence-electron chi connectivity index (χ0n) is 17.3. The molecule has 0 amide bonds. The summed E-state index contributed by atoms with van der Waals surface area (Å²) in [5.41, 5.74) is -0.970. The summed E-state index contributed by atoms with van der Waals surface area (Å²) in [7, 11) is 0. The Balaban J connectivity index is 0.00000784. The number of aromatic nitrogens is 2. The van der Waals surface area contributed by atoms with Gasteiger partial charge in [-0.1, -0.05) is 13.8 Å². The van der Waals surface area contributed by atoms with Crippen molar-refractivity contribution < 1.29 is 17.9 Å². The molecule has 0 aliphatic rings. The maximum atomic E-state index is 12.7. The number of hydrogen-bond donors (Lipinski definition) is 3. The zero-order valence-corrected chi connectivity index (χ0v) is 19.7. The zero-order chi connectivity index (χ0) is 21.0. The van der Waals surface area contributed by atoms with Crippen molar-refractivity contribution in [2.45, 2.75) is 46.4 Å². The second-order valence-corrected chi connectivity index (χ2v) is 6.40. The Morgan fingerprint density at radius 2 is 1.93 bits per heavy atom. The van der Waals surface area contributed by atoms with Gasteiger partial charge in [0.1, 0.15) is 5.69 Å². The molecule has 0 aromatic carbocycles. The first-order valence-electron chi connectivity index (χ1n) is 9.55. The van der Waals surface area contributed by atoms with Gasteiger partial charge in [0.05, 0.1) is 6.10 Å². The number of aliphatic imine (C=N–C) groups is 1. The molecule has 0 bridgehead atoms. The molecule has 0 fully saturated rings. The maximum absolute atomic E-state index is 12.7. The summed E-state index contributed by atoms with van der Waals surface area (Å²) < 4.78 is 43.7. The molecule has 11 heteroatoms. The minimum atomic E-state index is -4.49. The molecule has 0 radical (unpaired) electrons. The molecule has 0 saturated carbocycles. The lowest BCUT2D eigenvalue weighted by atomic mass is 10.0. The Labute approximate surface area is 187 Å². The number of anilines is 1. The first kappa shape index (κ1) is 27.6. The molecule has 0 spiro atoms. The standard InChI is InChI=1S/C18H31F3N6O.HI/c1-5-22-16(23-9-7-14(13(3)4)28-6-2)25-11-12-26-17-24-10-8-15(27-17)18(19,20)21;/h8,10,13-14H,5-7,9,11-12H2,1-4H3,(H2,22,23,25)(H,24,26,27);1H. The molecule has 168 valence electrons. The van der Waals surface area contributed by atoms with Gasteiger partial charge in [0, 0.05) is 39.0 Å². The predicted octanol–water partition coefficient (Wildman–Crippen LogP) is 3.53. The van der Waals surface area contributed by atoms with Crippen molar-refractivity contribution >= 4 is 35.9 Å². The molecule has 0 aliphatic heterocycles. The molecule has 1 aromatic rings. The lowest BCUT2D eigenvalue weighted by Gasteiger charge is -2.20. The van der Waals surface area contributed by atoms with Gasteiger partial charge in [0.15, 0.2) is 5.96 Å². The van der Waals surface area contributed by atoms with E-state index in [9.17, 15) is 13.2 Å². The minimum absolute atomic E-state index is 0. The lowest BCUT2D eigenvalue weighted by molar-refractivity contribution is -0.141. The van der Waals surface area contributed by atoms with Crippen LogP contribution in [0.5, 0.6) is 0 Å². The summed E-state index contributed by atoms with van der Waals surface area (Å²) >= 11 is 0. The molecule has 0 saturated heterocycles. The highest BCUT2D eigenvalue weighted by molar-refractivity contribution is 14.0. The number of nitrogens with one attached hydrogen (secondary N) is 3. The van der Waals surface area contributed by atoms with Gasteiger partial charge in [0.25, 0.3) is 0 Å². The SMILES string of the molecule is CCNC(=NCCC(OCC)C(C)C)NCCNc1nccc(C(F)(F)F)n1.I. The summed E-state index contributed by atoms with van der Waals surface area (Å²) in [4.78, 5) is 11.8. The van der Waals surface area contributed by atoms with E-state index in [0.717, 1.165) is 18.7 Å². The van der Waals surface area contributed by atoms with Gasteiger partial charge in [-0.2, -0.15) is 13.2 Å². The van der Waals surface area contributed by atoms with E-state index >= 15 is 0 Å². The number of ether oxygens (including phenoxy) is 1. The normalized spacial score (nSPS) is 13.0. The van der Waals surface area contributed by atoms with Crippen LogP contribution in [0.15, 0.2) is 17.3 Å². The monoisotopic (exact) mass is 532 g/mol. The number of guanidine groups is 1. The third kappa shape index (κ3) is 11.4. The third-order valence-electron chi connectivity index (χ3n) is 3.80. The van der Waals surface area contributed by atoms with Crippen molar-refractivity contribution in [2.24, 2.45) is 10.9 Å². The highest BCUT2D eigenvalue weighted by Gasteiger charge is 2.32. The van der Waals surface area contributed by atoms with Crippen LogP contribution >= 0.6 is 24.0 Å². The van der Waals surface area contributed by atoms with Crippen LogP contribution < -0.4 is 16.0 Å². The Bertz CT molecular complexity index is 601. The van der Waals surface area contributed by atoms with E-state index in [0.29, 0.717) is 44.7 Å². The van der Waals surface area contributed by atoms with E-state index in [2.05, 4.69) is 44.8 Å². The van der Waals surface area contributed by atoms with E-state index < -0.39 is 11.9 Å². The minimum Gasteiger partial charge on any atom is -0.378 e. The molecule has 1 atom stereocenters. The Morgan fingerprint density at radius 1 is 1.21 bits per heavy atom. The van der Waals surface area contributed by atoms with Gasteiger partial charge >= 0.3 is 6.18 Å². The fourth-order valence-electron chi connectivity index (χ4n) is 2.43. The Morgan fingerprint density at radius 3 is 2.52 bits per heavy atom. The number of hydrogen-bond acceptors (Lipinski definition) is 5. The summed E-state index contributed by atoms with van der Waals surface area (Å²) in [6.45, 7) is 11.0. The average Bonchev–Trinajstić information content (AvgIpc) is 2.63. The Hall–Kier alpha value is -1.37. The molecule has 3 N–H and O–H groups in total. The molecule has 0 aliphatic carbocycles. The van der Waals surface area contributed by atoms with Crippen LogP contribution in [-0.4, -0.2) is 54.8 Å². The van der Waals surface area contributed by atoms with Crippen molar-refractivity contribution in [1.82, 2.24) is 20.6 Å². The topological polar surface area (TPSA) is 83.5 Å². The van der Waals surface area contributed by atoms with Crippen LogP contribution in [0.2, 0.25) is 0 Å². The van der Waals surface area contributed by atoms with E-state index in [1.54, 1.807) is 0 Å². The highest BCUT2D eigenvalue weighted by Crippen LogP contribution is 2.27. The summed E-state index contributed by atoms with van der Waals surface area (Å²) in [6.07, 6.45) is -2.42. The summed E-state index contributed by atoms with van der Waals surface area (Å²) in [5, 5.41) is 9.04. The first-order chi connectivity index (χ1) is 13.3. The Kier molecular flexibility index (Phi) is 13.9. The van der Waals surface area contributed by atoms with Gasteiger partial charge in [-0.15, -0.1) is 24.0 Å². The second-order valence-electron chi connectivity index (χ2n) is 6.40. The molecule has 1 aromatic heterocycles. The van der Waals surface area contributed by atoms with E-state index in [1.807, 2.05) is 13.8 Å². The lowest BCUT2D eigenvalue weighted by Crippen LogP contribution is -2.40. The predicted molar refractivity (Wildman–Crippen MR) is 120 cm³/mol. The van der Waals surface area contributed by atoms with Gasteiger partial charge in [-0.3, -0.25) is 4.99 Å². The number of nitrogens with zero attached hydrogens (tertiary/aromatic N) is 3. The van der Waals surface area contributed by atoms with Crippen molar-refractivity contribution in [3.05, 3.63) is 18.0 Å². The quantitative estimate of drug-likeness (QED) is 0.175. The van der Waals surface area contributed by atoms with E-state index in [1.165, 1.54) is 0 Å². The molecular formula is C18H32F3IN6O. The van der Waals surface area contributed by atoms with Gasteiger partial charge in [0.2, 0.25) is 5.95 Å². The fraction of sp³-hybridized carbons (Fsp3) is 0.722.